The van der Waals surface area contributed by atoms with Crippen molar-refractivity contribution in [3.8, 4) is 0 Å². The largest absolute Gasteiger partial charge is 0.468 e. The number of rotatable bonds is 3. The highest BCUT2D eigenvalue weighted by Crippen LogP contribution is 2.24. The molecule has 0 spiro atoms. The molecule has 2 heterocycles. The van der Waals surface area contributed by atoms with Gasteiger partial charge in [0.15, 0.2) is 0 Å². The SMILES string of the molecule is COC(=O)C(C(=O)N1CCN2CCCC2C1)C(C)C. The Morgan fingerprint density at radius 2 is 1.95 bits per heavy atom. The molecule has 0 aliphatic carbocycles. The average molecular weight is 268 g/mol. The van der Waals surface area contributed by atoms with Gasteiger partial charge in [-0.15, -0.1) is 0 Å². The Labute approximate surface area is 114 Å². The number of carbonyl (C=O) groups is 2. The summed E-state index contributed by atoms with van der Waals surface area (Å²) >= 11 is 0. The summed E-state index contributed by atoms with van der Waals surface area (Å²) in [6.07, 6.45) is 2.38. The van der Waals surface area contributed by atoms with Gasteiger partial charge in [0.05, 0.1) is 7.11 Å². The molecular weight excluding hydrogens is 244 g/mol. The number of ether oxygens (including phenoxy) is 1. The van der Waals surface area contributed by atoms with Gasteiger partial charge in [0.25, 0.3) is 0 Å². The molecule has 5 nitrogen and oxygen atoms in total. The molecule has 2 rings (SSSR count). The Kier molecular flexibility index (Phi) is 4.45. The molecule has 0 bridgehead atoms. The van der Waals surface area contributed by atoms with Crippen LogP contribution in [0.2, 0.25) is 0 Å². The van der Waals surface area contributed by atoms with Gasteiger partial charge in [-0.1, -0.05) is 13.8 Å². The van der Waals surface area contributed by atoms with Gasteiger partial charge >= 0.3 is 5.97 Å². The van der Waals surface area contributed by atoms with E-state index in [4.69, 9.17) is 4.74 Å². The molecule has 5 heteroatoms. The van der Waals surface area contributed by atoms with Crippen molar-refractivity contribution in [1.29, 1.82) is 0 Å². The summed E-state index contributed by atoms with van der Waals surface area (Å²) in [4.78, 5) is 28.6. The maximum absolute atomic E-state index is 12.5. The number of carbonyl (C=O) groups excluding carboxylic acids is 2. The van der Waals surface area contributed by atoms with Crippen LogP contribution in [0.1, 0.15) is 26.7 Å². The fourth-order valence-electron chi connectivity index (χ4n) is 3.17. The van der Waals surface area contributed by atoms with Gasteiger partial charge in [-0.3, -0.25) is 14.5 Å². The van der Waals surface area contributed by atoms with Crippen LogP contribution in [0.4, 0.5) is 0 Å². The summed E-state index contributed by atoms with van der Waals surface area (Å²) in [7, 11) is 1.35. The highest BCUT2D eigenvalue weighted by atomic mass is 16.5. The van der Waals surface area contributed by atoms with Gasteiger partial charge < -0.3 is 9.64 Å². The van der Waals surface area contributed by atoms with Crippen molar-refractivity contribution >= 4 is 11.9 Å². The molecule has 0 aromatic heterocycles. The first-order valence-corrected chi connectivity index (χ1v) is 7.15. The van der Waals surface area contributed by atoms with Crippen molar-refractivity contribution in [2.45, 2.75) is 32.7 Å². The smallest absolute Gasteiger partial charge is 0.318 e. The predicted octanol–water partition coefficient (Wildman–Crippen LogP) is 0.738. The lowest BCUT2D eigenvalue weighted by atomic mass is 9.93. The number of fused-ring (bicyclic) bond motifs is 1. The van der Waals surface area contributed by atoms with Crippen LogP contribution in [0.5, 0.6) is 0 Å². The maximum atomic E-state index is 12.5. The Balaban J connectivity index is 2.03. The van der Waals surface area contributed by atoms with Gasteiger partial charge in [0.2, 0.25) is 5.91 Å². The first-order valence-electron chi connectivity index (χ1n) is 7.15. The monoisotopic (exact) mass is 268 g/mol. The van der Waals surface area contributed by atoms with Gasteiger partial charge in [-0.2, -0.15) is 0 Å². The summed E-state index contributed by atoms with van der Waals surface area (Å²) in [5.41, 5.74) is 0. The van der Waals surface area contributed by atoms with E-state index in [1.807, 2.05) is 18.7 Å². The molecule has 2 fully saturated rings. The van der Waals surface area contributed by atoms with Gasteiger partial charge in [0, 0.05) is 25.7 Å². The lowest BCUT2D eigenvalue weighted by Crippen LogP contribution is -2.54. The van der Waals surface area contributed by atoms with Crippen LogP contribution in [0.25, 0.3) is 0 Å². The van der Waals surface area contributed by atoms with E-state index in [-0.39, 0.29) is 11.8 Å². The minimum absolute atomic E-state index is 0.0263. The quantitative estimate of drug-likeness (QED) is 0.559. The second kappa shape index (κ2) is 5.90. The zero-order valence-electron chi connectivity index (χ0n) is 12.1. The fraction of sp³-hybridized carbons (Fsp3) is 0.857. The molecule has 19 heavy (non-hydrogen) atoms. The van der Waals surface area contributed by atoms with Crippen molar-refractivity contribution in [3.05, 3.63) is 0 Å². The third-order valence-corrected chi connectivity index (χ3v) is 4.29. The van der Waals surface area contributed by atoms with E-state index in [2.05, 4.69) is 4.90 Å². The number of hydrogen-bond acceptors (Lipinski definition) is 4. The van der Waals surface area contributed by atoms with E-state index in [0.29, 0.717) is 6.04 Å². The minimum Gasteiger partial charge on any atom is -0.468 e. The summed E-state index contributed by atoms with van der Waals surface area (Å²) in [6, 6.07) is 0.489. The number of piperazine rings is 1. The average Bonchev–Trinajstić information content (AvgIpc) is 2.85. The van der Waals surface area contributed by atoms with Crippen LogP contribution < -0.4 is 0 Å². The van der Waals surface area contributed by atoms with Crippen molar-refractivity contribution in [2.75, 3.05) is 33.3 Å². The first-order chi connectivity index (χ1) is 9.04. The van der Waals surface area contributed by atoms with Crippen LogP contribution in [0.15, 0.2) is 0 Å². The zero-order chi connectivity index (χ0) is 14.0. The molecule has 0 aromatic carbocycles. The van der Waals surface area contributed by atoms with Crippen molar-refractivity contribution < 1.29 is 14.3 Å². The van der Waals surface area contributed by atoms with Gasteiger partial charge in [0.1, 0.15) is 5.92 Å². The molecule has 2 aliphatic rings. The molecule has 2 atom stereocenters. The van der Waals surface area contributed by atoms with Crippen LogP contribution in [0.3, 0.4) is 0 Å². The summed E-state index contributed by atoms with van der Waals surface area (Å²) in [5, 5.41) is 0. The lowest BCUT2D eigenvalue weighted by Gasteiger charge is -2.39. The summed E-state index contributed by atoms with van der Waals surface area (Å²) < 4.78 is 4.78. The van der Waals surface area contributed by atoms with Gasteiger partial charge in [-0.25, -0.2) is 0 Å². The molecule has 1 amide bonds. The highest BCUT2D eigenvalue weighted by Gasteiger charge is 2.38. The van der Waals surface area contributed by atoms with Crippen LogP contribution >= 0.6 is 0 Å². The standard InChI is InChI=1S/C14H24N2O3/c1-10(2)12(14(18)19-3)13(17)16-8-7-15-6-4-5-11(15)9-16/h10-12H,4-9H2,1-3H3. The zero-order valence-corrected chi connectivity index (χ0v) is 12.1. The third-order valence-electron chi connectivity index (χ3n) is 4.29. The highest BCUT2D eigenvalue weighted by molar-refractivity contribution is 5.98. The molecule has 2 aliphatic heterocycles. The summed E-state index contributed by atoms with van der Waals surface area (Å²) in [6.45, 7) is 7.37. The Bertz CT molecular complexity index is 357. The molecule has 108 valence electrons. The molecule has 2 unspecified atom stereocenters. The topological polar surface area (TPSA) is 49.9 Å². The summed E-state index contributed by atoms with van der Waals surface area (Å²) in [5.74, 6) is -1.15. The van der Waals surface area contributed by atoms with E-state index in [1.54, 1.807) is 0 Å². The van der Waals surface area contributed by atoms with Crippen molar-refractivity contribution in [2.24, 2.45) is 11.8 Å². The number of methoxy groups -OCH3 is 1. The molecule has 0 saturated carbocycles. The molecule has 0 N–H and O–H groups in total. The third kappa shape index (κ3) is 2.91. The molecular formula is C14H24N2O3. The van der Waals surface area contributed by atoms with Crippen LogP contribution in [-0.2, 0) is 14.3 Å². The Hall–Kier alpha value is -1.10. The lowest BCUT2D eigenvalue weighted by molar-refractivity contribution is -0.156. The van der Waals surface area contributed by atoms with E-state index in [1.165, 1.54) is 13.5 Å². The molecule has 2 saturated heterocycles. The second-order valence-corrected chi connectivity index (χ2v) is 5.86. The van der Waals surface area contributed by atoms with Crippen LogP contribution in [0, 0.1) is 11.8 Å². The first kappa shape index (κ1) is 14.3. The number of nitrogens with zero attached hydrogens (tertiary/aromatic N) is 2. The van der Waals surface area contributed by atoms with Gasteiger partial charge in [-0.05, 0) is 25.3 Å². The Morgan fingerprint density at radius 3 is 2.58 bits per heavy atom. The number of hydrogen-bond donors (Lipinski definition) is 0. The minimum atomic E-state index is -0.655. The van der Waals surface area contributed by atoms with E-state index in [0.717, 1.165) is 32.6 Å². The predicted molar refractivity (Wildman–Crippen MR) is 71.5 cm³/mol. The molecule has 0 radical (unpaired) electrons. The normalized spacial score (nSPS) is 25.3. The van der Waals surface area contributed by atoms with Crippen molar-refractivity contribution in [3.63, 3.8) is 0 Å². The fourth-order valence-corrected chi connectivity index (χ4v) is 3.17. The van der Waals surface area contributed by atoms with Crippen molar-refractivity contribution in [1.82, 2.24) is 9.80 Å². The maximum Gasteiger partial charge on any atom is 0.318 e. The number of amides is 1. The van der Waals surface area contributed by atoms with E-state index < -0.39 is 11.9 Å². The van der Waals surface area contributed by atoms with E-state index >= 15 is 0 Å². The molecule has 0 aromatic rings. The second-order valence-electron chi connectivity index (χ2n) is 5.86. The van der Waals surface area contributed by atoms with Crippen LogP contribution in [-0.4, -0.2) is 61.0 Å². The Morgan fingerprint density at radius 1 is 1.21 bits per heavy atom. The van der Waals surface area contributed by atoms with E-state index in [9.17, 15) is 9.59 Å². The number of esters is 1.